The Bertz CT molecular complexity index is 868. The minimum atomic E-state index is -0.130. The number of hydrogen-bond acceptors (Lipinski definition) is 3. The van der Waals surface area contributed by atoms with E-state index in [0.717, 1.165) is 22.6 Å². The number of carbonyl (C=O) groups is 1. The molecule has 0 radical (unpaired) electrons. The van der Waals surface area contributed by atoms with Crippen molar-refractivity contribution in [3.63, 3.8) is 0 Å². The Hall–Kier alpha value is -2.82. The Morgan fingerprint density at radius 1 is 1.26 bits per heavy atom. The van der Waals surface area contributed by atoms with Crippen molar-refractivity contribution < 1.29 is 9.90 Å². The van der Waals surface area contributed by atoms with Gasteiger partial charge in [-0.3, -0.25) is 4.79 Å². The predicted molar refractivity (Wildman–Crippen MR) is 89.7 cm³/mol. The van der Waals surface area contributed by atoms with Crippen molar-refractivity contribution >= 4 is 17.2 Å². The van der Waals surface area contributed by atoms with Gasteiger partial charge in [-0.15, -0.1) is 0 Å². The summed E-state index contributed by atoms with van der Waals surface area (Å²) in [5.41, 5.74) is 4.24. The first-order chi connectivity index (χ1) is 11.0. The number of imidazole rings is 1. The van der Waals surface area contributed by atoms with Gasteiger partial charge in [0.15, 0.2) is 0 Å². The Labute approximate surface area is 134 Å². The monoisotopic (exact) mass is 309 g/mol. The maximum Gasteiger partial charge on any atom is 0.224 e. The molecule has 0 bridgehead atoms. The zero-order valence-corrected chi connectivity index (χ0v) is 13.2. The Morgan fingerprint density at radius 2 is 2.09 bits per heavy atom. The van der Waals surface area contributed by atoms with Crippen LogP contribution in [0.4, 0.5) is 5.69 Å². The topological polar surface area (TPSA) is 66.6 Å². The summed E-state index contributed by atoms with van der Waals surface area (Å²) >= 11 is 0. The van der Waals surface area contributed by atoms with Crippen molar-refractivity contribution in [2.24, 2.45) is 0 Å². The van der Waals surface area contributed by atoms with Crippen LogP contribution in [0.25, 0.3) is 5.65 Å². The lowest BCUT2D eigenvalue weighted by molar-refractivity contribution is -0.116. The molecule has 0 saturated carbocycles. The van der Waals surface area contributed by atoms with Gasteiger partial charge >= 0.3 is 0 Å². The maximum absolute atomic E-state index is 12.1. The molecule has 3 rings (SSSR count). The molecule has 1 amide bonds. The summed E-state index contributed by atoms with van der Waals surface area (Å²) in [5, 5.41) is 12.6. The average molecular weight is 309 g/mol. The van der Waals surface area contributed by atoms with E-state index in [2.05, 4.69) is 10.3 Å². The number of carbonyl (C=O) groups excluding carboxylic acids is 1. The van der Waals surface area contributed by atoms with E-state index < -0.39 is 0 Å². The molecule has 5 nitrogen and oxygen atoms in total. The molecule has 0 unspecified atom stereocenters. The smallest absolute Gasteiger partial charge is 0.224 e. The number of pyridine rings is 1. The minimum absolute atomic E-state index is 0.0873. The molecule has 0 saturated heterocycles. The quantitative estimate of drug-likeness (QED) is 0.727. The lowest BCUT2D eigenvalue weighted by Crippen LogP contribution is -2.13. The molecule has 2 N–H and O–H groups in total. The fourth-order valence-electron chi connectivity index (χ4n) is 2.66. The second-order valence-corrected chi connectivity index (χ2v) is 5.64. The number of phenols is 1. The first-order valence-electron chi connectivity index (χ1n) is 7.56. The van der Waals surface area contributed by atoms with Crippen LogP contribution >= 0.6 is 0 Å². The molecule has 1 aromatic carbocycles. The first kappa shape index (κ1) is 15.1. The third kappa shape index (κ3) is 3.18. The number of aromatic hydroxyl groups is 1. The predicted octanol–water partition coefficient (Wildman–Crippen LogP) is 3.23. The number of amides is 1. The number of phenolic OH excluding ortho intramolecular Hbond substituents is 1. The Balaban J connectivity index is 1.70. The first-order valence-corrected chi connectivity index (χ1v) is 7.56. The Kier molecular flexibility index (Phi) is 4.02. The number of hydrogen-bond donors (Lipinski definition) is 2. The van der Waals surface area contributed by atoms with Gasteiger partial charge in [-0.2, -0.15) is 0 Å². The van der Waals surface area contributed by atoms with E-state index in [-0.39, 0.29) is 11.7 Å². The third-order valence-corrected chi connectivity index (χ3v) is 3.85. The maximum atomic E-state index is 12.1. The number of rotatable bonds is 4. The largest absolute Gasteiger partial charge is 0.506 e. The molecule has 0 aliphatic carbocycles. The molecule has 2 heterocycles. The molecule has 0 spiro atoms. The summed E-state index contributed by atoms with van der Waals surface area (Å²) in [7, 11) is 0. The van der Waals surface area contributed by atoms with E-state index in [1.54, 1.807) is 12.1 Å². The van der Waals surface area contributed by atoms with Crippen molar-refractivity contribution in [3.05, 3.63) is 59.5 Å². The van der Waals surface area contributed by atoms with E-state index in [0.29, 0.717) is 18.5 Å². The van der Waals surface area contributed by atoms with Gasteiger partial charge in [0, 0.05) is 18.3 Å². The second-order valence-electron chi connectivity index (χ2n) is 5.64. The summed E-state index contributed by atoms with van der Waals surface area (Å²) < 4.78 is 2.01. The van der Waals surface area contributed by atoms with Crippen molar-refractivity contribution in [3.8, 4) is 5.75 Å². The van der Waals surface area contributed by atoms with E-state index in [9.17, 15) is 9.90 Å². The summed E-state index contributed by atoms with van der Waals surface area (Å²) in [6.45, 7) is 3.84. The molecular formula is C18H19N3O2. The van der Waals surface area contributed by atoms with Crippen LogP contribution in [0, 0.1) is 13.8 Å². The fraction of sp³-hybridized carbons (Fsp3) is 0.222. The molecule has 0 atom stereocenters. The van der Waals surface area contributed by atoms with Gasteiger partial charge in [0.1, 0.15) is 11.4 Å². The molecular weight excluding hydrogens is 290 g/mol. The second kappa shape index (κ2) is 6.12. The van der Waals surface area contributed by atoms with Gasteiger partial charge in [0.2, 0.25) is 5.91 Å². The van der Waals surface area contributed by atoms with E-state index >= 15 is 0 Å². The van der Waals surface area contributed by atoms with Crippen LogP contribution in [0.2, 0.25) is 0 Å². The number of aromatic nitrogens is 2. The molecule has 0 aliphatic heterocycles. The van der Waals surface area contributed by atoms with Crippen LogP contribution in [-0.2, 0) is 11.2 Å². The van der Waals surface area contributed by atoms with Crippen LogP contribution in [0.1, 0.15) is 23.4 Å². The molecule has 0 aliphatic rings. The normalized spacial score (nSPS) is 10.9. The van der Waals surface area contributed by atoms with Crippen LogP contribution in [-0.4, -0.2) is 20.4 Å². The number of nitrogens with one attached hydrogen (secondary N) is 1. The number of aryl methyl sites for hydroxylation is 3. The third-order valence-electron chi connectivity index (χ3n) is 3.85. The number of anilines is 1. The van der Waals surface area contributed by atoms with E-state index in [4.69, 9.17) is 0 Å². The highest BCUT2D eigenvalue weighted by atomic mass is 16.3. The summed E-state index contributed by atoms with van der Waals surface area (Å²) in [6, 6.07) is 11.0. The van der Waals surface area contributed by atoms with Crippen LogP contribution < -0.4 is 5.32 Å². The molecule has 3 aromatic rings. The Morgan fingerprint density at radius 3 is 2.87 bits per heavy atom. The van der Waals surface area contributed by atoms with Crippen molar-refractivity contribution in [2.45, 2.75) is 26.7 Å². The standard InChI is InChI=1S/C18H19N3O2/c1-12-6-7-14(16(22)11-12)20-18(23)9-8-15-13(2)19-17-5-3-4-10-21(15)17/h3-7,10-11,22H,8-9H2,1-2H3,(H,20,23). The highest BCUT2D eigenvalue weighted by molar-refractivity contribution is 5.92. The van der Waals surface area contributed by atoms with E-state index in [1.165, 1.54) is 0 Å². The summed E-state index contributed by atoms with van der Waals surface area (Å²) in [4.78, 5) is 16.6. The van der Waals surface area contributed by atoms with Crippen molar-refractivity contribution in [1.29, 1.82) is 0 Å². The highest BCUT2D eigenvalue weighted by Gasteiger charge is 2.11. The van der Waals surface area contributed by atoms with Gasteiger partial charge in [0.05, 0.1) is 11.4 Å². The molecule has 23 heavy (non-hydrogen) atoms. The molecule has 5 heteroatoms. The molecule has 0 fully saturated rings. The van der Waals surface area contributed by atoms with Gasteiger partial charge in [-0.1, -0.05) is 12.1 Å². The lowest BCUT2D eigenvalue weighted by atomic mass is 10.1. The van der Waals surface area contributed by atoms with Crippen LogP contribution in [0.15, 0.2) is 42.6 Å². The summed E-state index contributed by atoms with van der Waals surface area (Å²) in [5.74, 6) is -0.0428. The zero-order valence-electron chi connectivity index (χ0n) is 13.2. The molecule has 118 valence electrons. The average Bonchev–Trinajstić information content (AvgIpc) is 2.83. The zero-order chi connectivity index (χ0) is 16.4. The van der Waals surface area contributed by atoms with Gasteiger partial charge in [-0.25, -0.2) is 4.98 Å². The lowest BCUT2D eigenvalue weighted by Gasteiger charge is -2.08. The van der Waals surface area contributed by atoms with E-state index in [1.807, 2.05) is 48.7 Å². The number of fused-ring (bicyclic) bond motifs is 1. The van der Waals surface area contributed by atoms with Gasteiger partial charge in [0.25, 0.3) is 0 Å². The molecule has 2 aromatic heterocycles. The van der Waals surface area contributed by atoms with Gasteiger partial charge < -0.3 is 14.8 Å². The SMILES string of the molecule is Cc1ccc(NC(=O)CCc2c(C)nc3ccccn23)c(O)c1. The fourth-order valence-corrected chi connectivity index (χ4v) is 2.66. The van der Waals surface area contributed by atoms with Crippen LogP contribution in [0.3, 0.4) is 0 Å². The van der Waals surface area contributed by atoms with Gasteiger partial charge in [-0.05, 0) is 50.1 Å². The van der Waals surface area contributed by atoms with Crippen molar-refractivity contribution in [1.82, 2.24) is 9.38 Å². The number of benzene rings is 1. The minimum Gasteiger partial charge on any atom is -0.506 e. The summed E-state index contributed by atoms with van der Waals surface area (Å²) in [6.07, 6.45) is 2.88. The van der Waals surface area contributed by atoms with Crippen LogP contribution in [0.5, 0.6) is 5.75 Å². The highest BCUT2D eigenvalue weighted by Crippen LogP contribution is 2.24. The number of nitrogens with zero attached hydrogens (tertiary/aromatic N) is 2. The van der Waals surface area contributed by atoms with Crippen molar-refractivity contribution in [2.75, 3.05) is 5.32 Å².